The van der Waals surface area contributed by atoms with Crippen LogP contribution >= 0.6 is 0 Å². The van der Waals surface area contributed by atoms with Crippen molar-refractivity contribution in [1.29, 1.82) is 5.26 Å². The average molecular weight is 458 g/mol. The van der Waals surface area contributed by atoms with Gasteiger partial charge in [0.05, 0.1) is 18.5 Å². The lowest BCUT2D eigenvalue weighted by Crippen LogP contribution is -2.33. The van der Waals surface area contributed by atoms with Gasteiger partial charge in [0.1, 0.15) is 23.0 Å². The van der Waals surface area contributed by atoms with E-state index in [-0.39, 0.29) is 29.4 Å². The Morgan fingerprint density at radius 2 is 1.97 bits per heavy atom. The molecule has 0 unspecified atom stereocenters. The molecule has 7 nitrogen and oxygen atoms in total. The van der Waals surface area contributed by atoms with Crippen LogP contribution in [0.1, 0.15) is 37.6 Å². The van der Waals surface area contributed by atoms with Gasteiger partial charge in [0.25, 0.3) is 0 Å². The Morgan fingerprint density at radius 1 is 1.21 bits per heavy atom. The first-order valence-corrected chi connectivity index (χ1v) is 11.0. The molecule has 0 saturated carbocycles. The molecule has 174 valence electrons. The molecule has 1 fully saturated rings. The molecule has 2 aromatic heterocycles. The third-order valence-corrected chi connectivity index (χ3v) is 6.16. The molecule has 1 aliphatic rings. The van der Waals surface area contributed by atoms with Gasteiger partial charge in [-0.05, 0) is 63.0 Å². The van der Waals surface area contributed by atoms with Crippen LogP contribution in [0.4, 0.5) is 13.2 Å². The zero-order valence-electron chi connectivity index (χ0n) is 18.6. The van der Waals surface area contributed by atoms with Gasteiger partial charge in [0.15, 0.2) is 5.65 Å². The molecule has 1 aromatic carbocycles. The van der Waals surface area contributed by atoms with Gasteiger partial charge < -0.3 is 14.2 Å². The van der Waals surface area contributed by atoms with Gasteiger partial charge in [-0.1, -0.05) is 6.92 Å². The lowest BCUT2D eigenvalue weighted by Gasteiger charge is -2.31. The Bertz CT molecular complexity index is 1180. The van der Waals surface area contributed by atoms with Crippen molar-refractivity contribution < 1.29 is 17.9 Å². The number of nitrogens with zero attached hydrogens (tertiary/aromatic N) is 6. The molecule has 1 aliphatic heterocycles. The highest BCUT2D eigenvalue weighted by atomic mass is 19.4. The van der Waals surface area contributed by atoms with E-state index in [2.05, 4.69) is 26.8 Å². The molecule has 0 atom stereocenters. The third-order valence-electron chi connectivity index (χ3n) is 6.16. The fourth-order valence-electron chi connectivity index (χ4n) is 4.21. The number of alkyl halides is 3. The molecule has 0 radical (unpaired) electrons. The summed E-state index contributed by atoms with van der Waals surface area (Å²) < 4.78 is 48.8. The average Bonchev–Trinajstić information content (AvgIpc) is 3.19. The number of piperidine rings is 1. The van der Waals surface area contributed by atoms with E-state index in [0.717, 1.165) is 45.0 Å². The summed E-state index contributed by atoms with van der Waals surface area (Å²) in [5.41, 5.74) is 0.208. The van der Waals surface area contributed by atoms with Crippen LogP contribution < -0.4 is 4.74 Å². The summed E-state index contributed by atoms with van der Waals surface area (Å²) in [7, 11) is 1.69. The van der Waals surface area contributed by atoms with E-state index in [9.17, 15) is 18.4 Å². The number of nitriles is 1. The number of aromatic nitrogens is 4. The van der Waals surface area contributed by atoms with E-state index in [1.165, 1.54) is 18.5 Å². The van der Waals surface area contributed by atoms with Crippen LogP contribution in [0.3, 0.4) is 0 Å². The SMILES string of the molecule is CCN1CCC(CCOc2ccc(-c3nc(C#N)nc4c3ncn4C)cc2C(F)(F)F)CC1. The summed E-state index contributed by atoms with van der Waals surface area (Å²) in [4.78, 5) is 14.8. The molecule has 0 N–H and O–H groups in total. The summed E-state index contributed by atoms with van der Waals surface area (Å²) in [5, 5.41) is 9.25. The van der Waals surface area contributed by atoms with Gasteiger partial charge >= 0.3 is 6.18 Å². The molecular formula is C23H25F3N6O. The van der Waals surface area contributed by atoms with Gasteiger partial charge in [0, 0.05) is 12.6 Å². The Kier molecular flexibility index (Phi) is 6.51. The Balaban J connectivity index is 1.58. The van der Waals surface area contributed by atoms with Crippen molar-refractivity contribution >= 4 is 11.2 Å². The minimum Gasteiger partial charge on any atom is -0.493 e. The molecule has 0 aliphatic carbocycles. The van der Waals surface area contributed by atoms with E-state index < -0.39 is 11.7 Å². The molecule has 3 heterocycles. The predicted octanol–water partition coefficient (Wildman–Crippen LogP) is 4.42. The fourth-order valence-corrected chi connectivity index (χ4v) is 4.21. The predicted molar refractivity (Wildman–Crippen MR) is 116 cm³/mol. The number of aryl methyl sites for hydroxylation is 1. The highest BCUT2D eigenvalue weighted by molar-refractivity contribution is 5.88. The number of likely N-dealkylation sites (tertiary alicyclic amines) is 1. The normalized spacial score (nSPS) is 15.6. The summed E-state index contributed by atoms with van der Waals surface area (Å²) in [6, 6.07) is 5.70. The highest BCUT2D eigenvalue weighted by Crippen LogP contribution is 2.39. The Hall–Kier alpha value is -3.19. The topological polar surface area (TPSA) is 79.9 Å². The maximum Gasteiger partial charge on any atom is 0.419 e. The summed E-state index contributed by atoms with van der Waals surface area (Å²) >= 11 is 0. The second-order valence-electron chi connectivity index (χ2n) is 8.26. The van der Waals surface area contributed by atoms with Crippen LogP contribution in [0.5, 0.6) is 5.75 Å². The highest BCUT2D eigenvalue weighted by Gasteiger charge is 2.35. The lowest BCUT2D eigenvalue weighted by molar-refractivity contribution is -0.138. The molecule has 10 heteroatoms. The van der Waals surface area contributed by atoms with Gasteiger partial charge in [-0.3, -0.25) is 0 Å². The van der Waals surface area contributed by atoms with Crippen LogP contribution in [0.15, 0.2) is 24.5 Å². The summed E-state index contributed by atoms with van der Waals surface area (Å²) in [6.07, 6.45) is -0.319. The van der Waals surface area contributed by atoms with E-state index in [4.69, 9.17) is 4.74 Å². The zero-order chi connectivity index (χ0) is 23.6. The van der Waals surface area contributed by atoms with Crippen molar-refractivity contribution in [2.75, 3.05) is 26.2 Å². The van der Waals surface area contributed by atoms with Crippen molar-refractivity contribution in [2.24, 2.45) is 13.0 Å². The monoisotopic (exact) mass is 458 g/mol. The van der Waals surface area contributed by atoms with Crippen molar-refractivity contribution in [3.8, 4) is 23.1 Å². The Labute approximate surface area is 189 Å². The first-order chi connectivity index (χ1) is 15.8. The standard InChI is InChI=1S/C23H25F3N6O/c1-3-32-9-6-15(7-10-32)8-11-33-18-5-4-16(12-17(18)23(24,25)26)20-21-22(31(2)14-28-21)30-19(13-27)29-20/h4-5,12,14-15H,3,6-11H2,1-2H3. The van der Waals surface area contributed by atoms with E-state index in [1.54, 1.807) is 11.6 Å². The number of imidazole rings is 1. The van der Waals surface area contributed by atoms with Gasteiger partial charge in [-0.15, -0.1) is 0 Å². The first kappa shape index (κ1) is 23.0. The van der Waals surface area contributed by atoms with Crippen LogP contribution in [-0.4, -0.2) is 50.7 Å². The number of hydrogen-bond acceptors (Lipinski definition) is 6. The number of benzene rings is 1. The van der Waals surface area contributed by atoms with Crippen molar-refractivity contribution in [1.82, 2.24) is 24.4 Å². The van der Waals surface area contributed by atoms with Crippen molar-refractivity contribution in [3.63, 3.8) is 0 Å². The molecular weight excluding hydrogens is 433 g/mol. The maximum absolute atomic E-state index is 13.9. The molecule has 33 heavy (non-hydrogen) atoms. The van der Waals surface area contributed by atoms with Crippen molar-refractivity contribution in [3.05, 3.63) is 35.9 Å². The number of rotatable bonds is 6. The molecule has 0 bridgehead atoms. The number of fused-ring (bicyclic) bond motifs is 1. The lowest BCUT2D eigenvalue weighted by atomic mass is 9.94. The smallest absolute Gasteiger partial charge is 0.419 e. The zero-order valence-corrected chi connectivity index (χ0v) is 18.6. The van der Waals surface area contributed by atoms with Gasteiger partial charge in [0.2, 0.25) is 5.82 Å². The third kappa shape index (κ3) is 4.93. The number of halogens is 3. The summed E-state index contributed by atoms with van der Waals surface area (Å²) in [6.45, 7) is 5.44. The van der Waals surface area contributed by atoms with E-state index in [0.29, 0.717) is 17.1 Å². The van der Waals surface area contributed by atoms with Crippen molar-refractivity contribution in [2.45, 2.75) is 32.4 Å². The van der Waals surface area contributed by atoms with E-state index >= 15 is 0 Å². The molecule has 0 spiro atoms. The van der Waals surface area contributed by atoms with Gasteiger partial charge in [-0.25, -0.2) is 9.97 Å². The quantitative estimate of drug-likeness (QED) is 0.544. The van der Waals surface area contributed by atoms with Crippen LogP contribution in [0.2, 0.25) is 0 Å². The number of hydrogen-bond donors (Lipinski definition) is 0. The molecule has 3 aromatic rings. The van der Waals surface area contributed by atoms with Crippen LogP contribution in [0.25, 0.3) is 22.4 Å². The second kappa shape index (κ2) is 9.35. The minimum absolute atomic E-state index is 0.135. The Morgan fingerprint density at radius 3 is 2.64 bits per heavy atom. The van der Waals surface area contributed by atoms with Crippen LogP contribution in [-0.2, 0) is 13.2 Å². The summed E-state index contributed by atoms with van der Waals surface area (Å²) in [5.74, 6) is 0.123. The van der Waals surface area contributed by atoms with Crippen LogP contribution in [0, 0.1) is 17.2 Å². The van der Waals surface area contributed by atoms with Gasteiger partial charge in [-0.2, -0.15) is 23.4 Å². The second-order valence-corrected chi connectivity index (χ2v) is 8.26. The first-order valence-electron chi connectivity index (χ1n) is 11.0. The molecule has 1 saturated heterocycles. The minimum atomic E-state index is -4.61. The fraction of sp³-hybridized carbons (Fsp3) is 0.478. The molecule has 0 amide bonds. The van der Waals surface area contributed by atoms with E-state index in [1.807, 2.05) is 6.07 Å². The number of ether oxygens (including phenoxy) is 1. The largest absolute Gasteiger partial charge is 0.493 e. The molecule has 4 rings (SSSR count). The maximum atomic E-state index is 13.9.